The summed E-state index contributed by atoms with van der Waals surface area (Å²) in [6.45, 7) is 0. The number of halogens is 2. The van der Waals surface area contributed by atoms with Crippen LogP contribution < -0.4 is 5.32 Å². The largest absolute Gasteiger partial charge is 0.320 e. The lowest BCUT2D eigenvalue weighted by Gasteiger charge is -2.03. The number of carbonyl (C=O) groups excluding carboxylic acids is 1. The number of amides is 1. The van der Waals surface area contributed by atoms with E-state index in [1.54, 1.807) is 11.8 Å². The Morgan fingerprint density at radius 2 is 1.86 bits per heavy atom. The first-order chi connectivity index (χ1) is 10.1. The van der Waals surface area contributed by atoms with E-state index in [1.807, 2.05) is 36.6 Å². The average molecular weight is 425 g/mol. The summed E-state index contributed by atoms with van der Waals surface area (Å²) in [6, 6.07) is 12.0. The molecule has 0 saturated carbocycles. The van der Waals surface area contributed by atoms with E-state index in [0.717, 1.165) is 25.8 Å². The van der Waals surface area contributed by atoms with Crippen LogP contribution in [-0.2, 0) is 4.79 Å². The minimum Gasteiger partial charge on any atom is -0.320 e. The molecule has 0 atom stereocenters. The molecule has 0 aliphatic carbocycles. The molecule has 106 valence electrons. The topological polar surface area (TPSA) is 29.1 Å². The zero-order valence-electron chi connectivity index (χ0n) is 11.1. The molecule has 0 bridgehead atoms. The molecule has 2 nitrogen and oxygen atoms in total. The van der Waals surface area contributed by atoms with E-state index in [4.69, 9.17) is 0 Å². The first kappa shape index (κ1) is 14.9. The van der Waals surface area contributed by atoms with Crippen LogP contribution in [0.25, 0.3) is 11.6 Å². The van der Waals surface area contributed by atoms with E-state index in [9.17, 15) is 4.79 Å². The van der Waals surface area contributed by atoms with Crippen molar-refractivity contribution in [2.75, 3.05) is 11.6 Å². The molecule has 2 aromatic carbocycles. The SMILES string of the molecule is CSc1ccc(C=C2C(=O)Nc3c(Br)cc(Br)cc32)cc1. The van der Waals surface area contributed by atoms with Crippen molar-refractivity contribution in [3.63, 3.8) is 0 Å². The molecule has 1 aliphatic heterocycles. The molecule has 0 spiro atoms. The predicted molar refractivity (Wildman–Crippen MR) is 96.6 cm³/mol. The molecule has 1 aliphatic rings. The molecule has 0 aromatic heterocycles. The van der Waals surface area contributed by atoms with Crippen molar-refractivity contribution >= 4 is 66.9 Å². The molecule has 21 heavy (non-hydrogen) atoms. The number of rotatable bonds is 2. The standard InChI is InChI=1S/C16H11Br2NOS/c1-21-11-4-2-9(3-5-11)6-13-12-7-10(17)8-14(18)15(12)19-16(13)20/h2-8H,1H3,(H,19,20). The van der Waals surface area contributed by atoms with Gasteiger partial charge in [0.2, 0.25) is 0 Å². The quantitative estimate of drug-likeness (QED) is 0.514. The van der Waals surface area contributed by atoms with Gasteiger partial charge in [0.1, 0.15) is 0 Å². The van der Waals surface area contributed by atoms with Crippen molar-refractivity contribution in [1.82, 2.24) is 0 Å². The third-order valence-electron chi connectivity index (χ3n) is 3.26. The molecule has 5 heteroatoms. The second-order valence-electron chi connectivity index (χ2n) is 4.60. The summed E-state index contributed by atoms with van der Waals surface area (Å²) >= 11 is 8.65. The van der Waals surface area contributed by atoms with E-state index in [1.165, 1.54) is 4.90 Å². The van der Waals surface area contributed by atoms with Crippen molar-refractivity contribution in [2.24, 2.45) is 0 Å². The van der Waals surface area contributed by atoms with E-state index in [2.05, 4.69) is 49.3 Å². The summed E-state index contributed by atoms with van der Waals surface area (Å²) in [6.07, 6.45) is 3.97. The normalized spacial score (nSPS) is 15.2. The number of fused-ring (bicyclic) bond motifs is 1. The fourth-order valence-electron chi connectivity index (χ4n) is 2.23. The number of nitrogens with one attached hydrogen (secondary N) is 1. The summed E-state index contributed by atoms with van der Waals surface area (Å²) in [4.78, 5) is 13.4. The van der Waals surface area contributed by atoms with E-state index in [0.29, 0.717) is 5.57 Å². The lowest BCUT2D eigenvalue weighted by Crippen LogP contribution is -2.03. The highest BCUT2D eigenvalue weighted by atomic mass is 79.9. The fourth-order valence-corrected chi connectivity index (χ4v) is 3.96. The second-order valence-corrected chi connectivity index (χ2v) is 7.25. The third-order valence-corrected chi connectivity index (χ3v) is 5.08. The van der Waals surface area contributed by atoms with Gasteiger partial charge in [-0.3, -0.25) is 4.79 Å². The van der Waals surface area contributed by atoms with Gasteiger partial charge < -0.3 is 5.32 Å². The highest BCUT2D eigenvalue weighted by Gasteiger charge is 2.26. The third kappa shape index (κ3) is 2.96. The van der Waals surface area contributed by atoms with Gasteiger partial charge >= 0.3 is 0 Å². The number of benzene rings is 2. The Bertz CT molecular complexity index is 754. The Morgan fingerprint density at radius 1 is 1.14 bits per heavy atom. The zero-order chi connectivity index (χ0) is 15.0. The maximum atomic E-state index is 12.2. The van der Waals surface area contributed by atoms with E-state index in [-0.39, 0.29) is 5.91 Å². The van der Waals surface area contributed by atoms with Gasteiger partial charge in [-0.1, -0.05) is 28.1 Å². The molecule has 0 radical (unpaired) electrons. The Kier molecular flexibility index (Phi) is 4.24. The minimum atomic E-state index is -0.0715. The van der Waals surface area contributed by atoms with Crippen molar-refractivity contribution in [1.29, 1.82) is 0 Å². The second kappa shape index (κ2) is 5.99. The summed E-state index contributed by atoms with van der Waals surface area (Å²) in [5, 5.41) is 2.91. The first-order valence-electron chi connectivity index (χ1n) is 6.25. The highest BCUT2D eigenvalue weighted by molar-refractivity contribution is 9.11. The van der Waals surface area contributed by atoms with Crippen LogP contribution in [0.3, 0.4) is 0 Å². The summed E-state index contributed by atoms with van der Waals surface area (Å²) in [5.74, 6) is -0.0715. The number of hydrogen-bond donors (Lipinski definition) is 1. The molecule has 2 aromatic rings. The van der Waals surface area contributed by atoms with Crippen molar-refractivity contribution in [3.05, 3.63) is 56.5 Å². The smallest absolute Gasteiger partial charge is 0.256 e. The lowest BCUT2D eigenvalue weighted by molar-refractivity contribution is -0.110. The molecule has 1 amide bonds. The Morgan fingerprint density at radius 3 is 2.52 bits per heavy atom. The van der Waals surface area contributed by atoms with Crippen molar-refractivity contribution < 1.29 is 4.79 Å². The van der Waals surface area contributed by atoms with Crippen molar-refractivity contribution in [3.8, 4) is 0 Å². The van der Waals surface area contributed by atoms with Crippen LogP contribution in [0, 0.1) is 0 Å². The Hall–Kier alpha value is -1.04. The van der Waals surface area contributed by atoms with Gasteiger partial charge in [-0.2, -0.15) is 0 Å². The Balaban J connectivity index is 2.07. The maximum Gasteiger partial charge on any atom is 0.256 e. The van der Waals surface area contributed by atoms with Crippen LogP contribution in [0.4, 0.5) is 5.69 Å². The van der Waals surface area contributed by atoms with Crippen molar-refractivity contribution in [2.45, 2.75) is 4.90 Å². The van der Waals surface area contributed by atoms with Gasteiger partial charge in [0.25, 0.3) is 5.91 Å². The molecule has 1 N–H and O–H groups in total. The molecule has 0 saturated heterocycles. The lowest BCUT2D eigenvalue weighted by atomic mass is 10.0. The average Bonchev–Trinajstić information content (AvgIpc) is 2.77. The van der Waals surface area contributed by atoms with Gasteiger partial charge in [0.15, 0.2) is 0 Å². The highest BCUT2D eigenvalue weighted by Crippen LogP contribution is 2.40. The van der Waals surface area contributed by atoms with Gasteiger partial charge in [-0.25, -0.2) is 0 Å². The summed E-state index contributed by atoms with van der Waals surface area (Å²) < 4.78 is 1.81. The number of hydrogen-bond acceptors (Lipinski definition) is 2. The predicted octanol–water partition coefficient (Wildman–Crippen LogP) is 5.43. The zero-order valence-corrected chi connectivity index (χ0v) is 15.1. The van der Waals surface area contributed by atoms with E-state index >= 15 is 0 Å². The van der Waals surface area contributed by atoms with Gasteiger partial charge in [0.05, 0.1) is 5.69 Å². The van der Waals surface area contributed by atoms with Gasteiger partial charge in [-0.15, -0.1) is 11.8 Å². The molecular formula is C16H11Br2NOS. The molecule has 3 rings (SSSR count). The van der Waals surface area contributed by atoms with Crippen LogP contribution in [-0.4, -0.2) is 12.2 Å². The molecular weight excluding hydrogens is 414 g/mol. The van der Waals surface area contributed by atoms with Crippen LogP contribution in [0.15, 0.2) is 50.2 Å². The monoisotopic (exact) mass is 423 g/mol. The van der Waals surface area contributed by atoms with Crippen LogP contribution in [0.2, 0.25) is 0 Å². The molecule has 0 fully saturated rings. The maximum absolute atomic E-state index is 12.2. The Labute approximate surface area is 144 Å². The number of thioether (sulfide) groups is 1. The van der Waals surface area contributed by atoms with Gasteiger partial charge in [0, 0.05) is 25.0 Å². The first-order valence-corrected chi connectivity index (χ1v) is 9.06. The van der Waals surface area contributed by atoms with Gasteiger partial charge in [-0.05, 0) is 58.1 Å². The van der Waals surface area contributed by atoms with Crippen LogP contribution in [0.5, 0.6) is 0 Å². The minimum absolute atomic E-state index is 0.0715. The summed E-state index contributed by atoms with van der Waals surface area (Å²) in [5.41, 5.74) is 3.44. The summed E-state index contributed by atoms with van der Waals surface area (Å²) in [7, 11) is 0. The molecule has 1 heterocycles. The molecule has 0 unspecified atom stereocenters. The fraction of sp³-hybridized carbons (Fsp3) is 0.0625. The van der Waals surface area contributed by atoms with Crippen LogP contribution >= 0.6 is 43.6 Å². The van der Waals surface area contributed by atoms with Crippen LogP contribution in [0.1, 0.15) is 11.1 Å². The number of carbonyl (C=O) groups is 1. The number of anilines is 1. The van der Waals surface area contributed by atoms with E-state index < -0.39 is 0 Å².